The minimum absolute atomic E-state index is 0.0682. The summed E-state index contributed by atoms with van der Waals surface area (Å²) in [5.41, 5.74) is 6.85. The predicted molar refractivity (Wildman–Crippen MR) is 72.7 cm³/mol. The molecule has 0 aliphatic rings. The van der Waals surface area contributed by atoms with Crippen LogP contribution in [0.15, 0.2) is 18.2 Å². The SMILES string of the molecule is COc1cccc(Cl)c1C(CN)N(C)C(C)C. The molecule has 1 aromatic carbocycles. The number of likely N-dealkylation sites (N-methyl/N-ethyl adjacent to an activating group) is 1. The number of ether oxygens (including phenoxy) is 1. The molecule has 0 fully saturated rings. The van der Waals surface area contributed by atoms with Crippen molar-refractivity contribution < 1.29 is 4.74 Å². The first kappa shape index (κ1) is 14.3. The Hall–Kier alpha value is -0.770. The first-order chi connectivity index (χ1) is 8.02. The molecule has 1 atom stereocenters. The van der Waals surface area contributed by atoms with Crippen molar-refractivity contribution >= 4 is 11.6 Å². The number of nitrogens with zero attached hydrogens (tertiary/aromatic N) is 1. The average Bonchev–Trinajstić information content (AvgIpc) is 2.31. The van der Waals surface area contributed by atoms with E-state index in [1.54, 1.807) is 7.11 Å². The number of hydrogen-bond donors (Lipinski definition) is 1. The van der Waals surface area contributed by atoms with E-state index in [9.17, 15) is 0 Å². The Balaban J connectivity index is 3.19. The molecule has 1 rings (SSSR count). The van der Waals surface area contributed by atoms with Crippen molar-refractivity contribution in [3.05, 3.63) is 28.8 Å². The summed E-state index contributed by atoms with van der Waals surface area (Å²) < 4.78 is 5.37. The first-order valence-corrected chi connectivity index (χ1v) is 6.15. The first-order valence-electron chi connectivity index (χ1n) is 5.77. The molecule has 0 radical (unpaired) electrons. The molecule has 0 heterocycles. The number of methoxy groups -OCH3 is 1. The highest BCUT2D eigenvalue weighted by Gasteiger charge is 2.23. The lowest BCUT2D eigenvalue weighted by Crippen LogP contribution is -2.35. The fraction of sp³-hybridized carbons (Fsp3) is 0.538. The summed E-state index contributed by atoms with van der Waals surface area (Å²) in [7, 11) is 3.70. The zero-order chi connectivity index (χ0) is 13.0. The lowest BCUT2D eigenvalue weighted by atomic mass is 10.0. The highest BCUT2D eigenvalue weighted by Crippen LogP contribution is 2.34. The summed E-state index contributed by atoms with van der Waals surface area (Å²) in [5, 5.41) is 0.701. The Morgan fingerprint density at radius 3 is 2.53 bits per heavy atom. The lowest BCUT2D eigenvalue weighted by Gasteiger charge is -2.32. The molecular formula is C13H21ClN2O. The topological polar surface area (TPSA) is 38.5 Å². The van der Waals surface area contributed by atoms with Gasteiger partial charge in [0.2, 0.25) is 0 Å². The van der Waals surface area contributed by atoms with E-state index in [4.69, 9.17) is 22.1 Å². The summed E-state index contributed by atoms with van der Waals surface area (Å²) in [6.45, 7) is 4.77. The van der Waals surface area contributed by atoms with E-state index in [0.717, 1.165) is 11.3 Å². The summed E-state index contributed by atoms with van der Waals surface area (Å²) in [6.07, 6.45) is 0. The molecule has 0 bridgehead atoms. The van der Waals surface area contributed by atoms with Gasteiger partial charge in [-0.3, -0.25) is 4.90 Å². The fourth-order valence-electron chi connectivity index (χ4n) is 1.87. The molecule has 0 aliphatic heterocycles. The van der Waals surface area contributed by atoms with Crippen LogP contribution in [0.1, 0.15) is 25.5 Å². The van der Waals surface area contributed by atoms with Crippen molar-refractivity contribution in [2.24, 2.45) is 5.73 Å². The van der Waals surface area contributed by atoms with Gasteiger partial charge in [0.05, 0.1) is 13.2 Å². The predicted octanol–water partition coefficient (Wildman–Crippen LogP) is 2.69. The van der Waals surface area contributed by atoms with Gasteiger partial charge in [0.15, 0.2) is 0 Å². The number of nitrogens with two attached hydrogens (primary N) is 1. The summed E-state index contributed by atoms with van der Waals surface area (Å²) in [4.78, 5) is 2.20. The van der Waals surface area contributed by atoms with Crippen LogP contribution in [-0.4, -0.2) is 31.6 Å². The molecule has 3 nitrogen and oxygen atoms in total. The minimum atomic E-state index is 0.0682. The van der Waals surface area contributed by atoms with Crippen LogP contribution in [0, 0.1) is 0 Å². The van der Waals surface area contributed by atoms with E-state index in [0.29, 0.717) is 17.6 Å². The van der Waals surface area contributed by atoms with Gasteiger partial charge in [-0.25, -0.2) is 0 Å². The molecule has 1 aromatic rings. The van der Waals surface area contributed by atoms with Gasteiger partial charge in [-0.05, 0) is 33.0 Å². The van der Waals surface area contributed by atoms with Gasteiger partial charge in [-0.2, -0.15) is 0 Å². The van der Waals surface area contributed by atoms with E-state index in [1.165, 1.54) is 0 Å². The van der Waals surface area contributed by atoms with Crippen LogP contribution < -0.4 is 10.5 Å². The molecule has 0 saturated carbocycles. The van der Waals surface area contributed by atoms with Gasteiger partial charge in [0.1, 0.15) is 5.75 Å². The summed E-state index contributed by atoms with van der Waals surface area (Å²) in [5.74, 6) is 0.792. The number of rotatable bonds is 5. The van der Waals surface area contributed by atoms with Crippen molar-refractivity contribution in [2.75, 3.05) is 20.7 Å². The molecule has 96 valence electrons. The van der Waals surface area contributed by atoms with E-state index in [1.807, 2.05) is 25.2 Å². The van der Waals surface area contributed by atoms with Gasteiger partial charge >= 0.3 is 0 Å². The van der Waals surface area contributed by atoms with Crippen molar-refractivity contribution in [1.29, 1.82) is 0 Å². The van der Waals surface area contributed by atoms with Crippen LogP contribution in [0.5, 0.6) is 5.75 Å². The smallest absolute Gasteiger partial charge is 0.125 e. The Morgan fingerprint density at radius 2 is 2.06 bits per heavy atom. The molecule has 4 heteroatoms. The van der Waals surface area contributed by atoms with Crippen molar-refractivity contribution in [3.63, 3.8) is 0 Å². The van der Waals surface area contributed by atoms with Crippen LogP contribution >= 0.6 is 11.6 Å². The molecule has 17 heavy (non-hydrogen) atoms. The highest BCUT2D eigenvalue weighted by atomic mass is 35.5. The quantitative estimate of drug-likeness (QED) is 0.880. The third kappa shape index (κ3) is 3.12. The third-order valence-corrected chi connectivity index (χ3v) is 3.43. The molecular weight excluding hydrogens is 236 g/mol. The van der Waals surface area contributed by atoms with Gasteiger partial charge in [0, 0.05) is 23.2 Å². The number of benzene rings is 1. The van der Waals surface area contributed by atoms with Gasteiger partial charge in [-0.1, -0.05) is 17.7 Å². The van der Waals surface area contributed by atoms with Gasteiger partial charge in [0.25, 0.3) is 0 Å². The summed E-state index contributed by atoms with van der Waals surface area (Å²) >= 11 is 6.27. The maximum absolute atomic E-state index is 6.27. The normalized spacial score (nSPS) is 13.2. The standard InChI is InChI=1S/C13H21ClN2O/c1-9(2)16(3)11(8-15)13-10(14)6-5-7-12(13)17-4/h5-7,9,11H,8,15H2,1-4H3. The Morgan fingerprint density at radius 1 is 1.41 bits per heavy atom. The van der Waals surface area contributed by atoms with Crippen LogP contribution in [-0.2, 0) is 0 Å². The van der Waals surface area contributed by atoms with Gasteiger partial charge < -0.3 is 10.5 Å². The second-order valence-electron chi connectivity index (χ2n) is 4.37. The van der Waals surface area contributed by atoms with Crippen molar-refractivity contribution in [2.45, 2.75) is 25.9 Å². The molecule has 2 N–H and O–H groups in total. The average molecular weight is 257 g/mol. The molecule has 0 saturated heterocycles. The second kappa shape index (κ2) is 6.24. The Bertz CT molecular complexity index is 368. The highest BCUT2D eigenvalue weighted by molar-refractivity contribution is 6.31. The zero-order valence-corrected chi connectivity index (χ0v) is 11.7. The molecule has 1 unspecified atom stereocenters. The maximum atomic E-state index is 6.27. The van der Waals surface area contributed by atoms with E-state index < -0.39 is 0 Å². The number of hydrogen-bond acceptors (Lipinski definition) is 3. The fourth-order valence-corrected chi connectivity index (χ4v) is 2.16. The van der Waals surface area contributed by atoms with Crippen LogP contribution in [0.25, 0.3) is 0 Å². The minimum Gasteiger partial charge on any atom is -0.496 e. The largest absolute Gasteiger partial charge is 0.496 e. The summed E-state index contributed by atoms with van der Waals surface area (Å²) in [6, 6.07) is 6.13. The molecule has 0 aliphatic carbocycles. The Kier molecular flexibility index (Phi) is 5.25. The third-order valence-electron chi connectivity index (χ3n) is 3.10. The van der Waals surface area contributed by atoms with Gasteiger partial charge in [-0.15, -0.1) is 0 Å². The van der Waals surface area contributed by atoms with Crippen LogP contribution in [0.2, 0.25) is 5.02 Å². The van der Waals surface area contributed by atoms with E-state index in [2.05, 4.69) is 18.7 Å². The molecule has 0 aromatic heterocycles. The molecule has 0 spiro atoms. The van der Waals surface area contributed by atoms with Crippen LogP contribution in [0.3, 0.4) is 0 Å². The zero-order valence-electron chi connectivity index (χ0n) is 10.9. The maximum Gasteiger partial charge on any atom is 0.125 e. The van der Waals surface area contributed by atoms with E-state index >= 15 is 0 Å². The second-order valence-corrected chi connectivity index (χ2v) is 4.77. The molecule has 0 amide bonds. The lowest BCUT2D eigenvalue weighted by molar-refractivity contribution is 0.197. The monoisotopic (exact) mass is 256 g/mol. The van der Waals surface area contributed by atoms with Crippen molar-refractivity contribution in [1.82, 2.24) is 4.90 Å². The van der Waals surface area contributed by atoms with Crippen molar-refractivity contribution in [3.8, 4) is 5.75 Å². The van der Waals surface area contributed by atoms with Crippen LogP contribution in [0.4, 0.5) is 0 Å². The number of halogens is 1. The van der Waals surface area contributed by atoms with E-state index in [-0.39, 0.29) is 6.04 Å². The Labute approximate surface area is 109 Å².